The SMILES string of the molecule is CC(C)(C)c1ccc(COC(=O)C2CCCN2)cc1. The quantitative estimate of drug-likeness (QED) is 0.850. The summed E-state index contributed by atoms with van der Waals surface area (Å²) in [5.74, 6) is -0.127. The maximum atomic E-state index is 11.8. The number of nitrogens with one attached hydrogen (secondary N) is 1. The van der Waals surface area contributed by atoms with Crippen molar-refractivity contribution in [1.82, 2.24) is 5.32 Å². The highest BCUT2D eigenvalue weighted by Gasteiger charge is 2.23. The van der Waals surface area contributed by atoms with Gasteiger partial charge in [0.1, 0.15) is 12.6 Å². The summed E-state index contributed by atoms with van der Waals surface area (Å²) in [6, 6.07) is 8.19. The average Bonchev–Trinajstić information content (AvgIpc) is 2.89. The van der Waals surface area contributed by atoms with Crippen LogP contribution in [0.15, 0.2) is 24.3 Å². The van der Waals surface area contributed by atoms with Gasteiger partial charge in [0.25, 0.3) is 0 Å². The first-order chi connectivity index (χ1) is 8.97. The Morgan fingerprint density at radius 3 is 2.53 bits per heavy atom. The van der Waals surface area contributed by atoms with Crippen molar-refractivity contribution < 1.29 is 9.53 Å². The summed E-state index contributed by atoms with van der Waals surface area (Å²) in [6.45, 7) is 7.84. The Hall–Kier alpha value is -1.35. The summed E-state index contributed by atoms with van der Waals surface area (Å²) in [6.07, 6.45) is 1.95. The lowest BCUT2D eigenvalue weighted by Crippen LogP contribution is -2.32. The number of benzene rings is 1. The predicted molar refractivity (Wildman–Crippen MR) is 76.0 cm³/mol. The number of carbonyl (C=O) groups excluding carboxylic acids is 1. The summed E-state index contributed by atoms with van der Waals surface area (Å²) in [7, 11) is 0. The highest BCUT2D eigenvalue weighted by molar-refractivity contribution is 5.76. The van der Waals surface area contributed by atoms with Gasteiger partial charge >= 0.3 is 5.97 Å². The van der Waals surface area contributed by atoms with Gasteiger partial charge < -0.3 is 10.1 Å². The summed E-state index contributed by atoms with van der Waals surface area (Å²) in [5.41, 5.74) is 2.49. The van der Waals surface area contributed by atoms with Crippen molar-refractivity contribution in [1.29, 1.82) is 0 Å². The molecule has 1 saturated heterocycles. The molecule has 1 aromatic rings. The van der Waals surface area contributed by atoms with Gasteiger partial charge in [-0.1, -0.05) is 45.0 Å². The van der Waals surface area contributed by atoms with Gasteiger partial charge in [-0.2, -0.15) is 0 Å². The van der Waals surface area contributed by atoms with Gasteiger partial charge in [-0.25, -0.2) is 0 Å². The standard InChI is InChI=1S/C16H23NO2/c1-16(2,3)13-8-6-12(7-9-13)11-19-15(18)14-5-4-10-17-14/h6-9,14,17H,4-5,10-11H2,1-3H3. The number of carbonyl (C=O) groups is 1. The first kappa shape index (κ1) is 14.1. The van der Waals surface area contributed by atoms with Gasteiger partial charge in [0.2, 0.25) is 0 Å². The molecule has 3 nitrogen and oxygen atoms in total. The molecule has 0 radical (unpaired) electrons. The van der Waals surface area contributed by atoms with Crippen LogP contribution in [0, 0.1) is 0 Å². The van der Waals surface area contributed by atoms with E-state index >= 15 is 0 Å². The molecule has 1 aliphatic heterocycles. The zero-order chi connectivity index (χ0) is 13.9. The second-order valence-corrected chi connectivity index (χ2v) is 6.20. The lowest BCUT2D eigenvalue weighted by molar-refractivity contribution is -0.147. The van der Waals surface area contributed by atoms with E-state index in [2.05, 4.69) is 38.2 Å². The van der Waals surface area contributed by atoms with Gasteiger partial charge in [-0.3, -0.25) is 4.79 Å². The zero-order valence-electron chi connectivity index (χ0n) is 12.0. The third-order valence-electron chi connectivity index (χ3n) is 3.55. The Bertz CT molecular complexity index is 425. The Labute approximate surface area is 115 Å². The Morgan fingerprint density at radius 2 is 2.00 bits per heavy atom. The molecule has 0 saturated carbocycles. The van der Waals surface area contributed by atoms with Crippen LogP contribution in [0.3, 0.4) is 0 Å². The van der Waals surface area contributed by atoms with Gasteiger partial charge in [0.15, 0.2) is 0 Å². The van der Waals surface area contributed by atoms with Crippen LogP contribution in [-0.2, 0) is 21.6 Å². The average molecular weight is 261 g/mol. The molecule has 0 bridgehead atoms. The molecule has 104 valence electrons. The van der Waals surface area contributed by atoms with Crippen molar-refractivity contribution in [2.24, 2.45) is 0 Å². The molecule has 1 unspecified atom stereocenters. The molecule has 0 spiro atoms. The smallest absolute Gasteiger partial charge is 0.323 e. The van der Waals surface area contributed by atoms with Crippen LogP contribution in [0.2, 0.25) is 0 Å². The zero-order valence-corrected chi connectivity index (χ0v) is 12.0. The molecule has 0 aromatic heterocycles. The van der Waals surface area contributed by atoms with Crippen molar-refractivity contribution in [3.8, 4) is 0 Å². The predicted octanol–water partition coefficient (Wildman–Crippen LogP) is 2.78. The van der Waals surface area contributed by atoms with Crippen LogP contribution in [0.5, 0.6) is 0 Å². The Morgan fingerprint density at radius 1 is 1.32 bits per heavy atom. The number of rotatable bonds is 3. The van der Waals surface area contributed by atoms with Gasteiger partial charge in [-0.15, -0.1) is 0 Å². The van der Waals surface area contributed by atoms with Gasteiger partial charge in [0.05, 0.1) is 0 Å². The van der Waals surface area contributed by atoms with E-state index in [9.17, 15) is 4.79 Å². The van der Waals surface area contributed by atoms with Crippen LogP contribution < -0.4 is 5.32 Å². The number of esters is 1. The van der Waals surface area contributed by atoms with E-state index in [1.165, 1.54) is 5.56 Å². The third-order valence-corrected chi connectivity index (χ3v) is 3.55. The molecular formula is C16H23NO2. The summed E-state index contributed by atoms with van der Waals surface area (Å²) >= 11 is 0. The summed E-state index contributed by atoms with van der Waals surface area (Å²) < 4.78 is 5.34. The van der Waals surface area contributed by atoms with E-state index in [0.29, 0.717) is 6.61 Å². The van der Waals surface area contributed by atoms with Crippen molar-refractivity contribution >= 4 is 5.97 Å². The van der Waals surface area contributed by atoms with Crippen molar-refractivity contribution in [2.75, 3.05) is 6.54 Å². The van der Waals surface area contributed by atoms with Gasteiger partial charge in [0, 0.05) is 0 Å². The second-order valence-electron chi connectivity index (χ2n) is 6.20. The molecule has 1 heterocycles. The highest BCUT2D eigenvalue weighted by Crippen LogP contribution is 2.22. The largest absolute Gasteiger partial charge is 0.460 e. The summed E-state index contributed by atoms with van der Waals surface area (Å²) in [5, 5.41) is 3.15. The van der Waals surface area contributed by atoms with E-state index in [1.54, 1.807) is 0 Å². The lowest BCUT2D eigenvalue weighted by Gasteiger charge is -2.19. The van der Waals surface area contributed by atoms with E-state index in [-0.39, 0.29) is 17.4 Å². The first-order valence-corrected chi connectivity index (χ1v) is 6.96. The molecule has 2 rings (SSSR count). The van der Waals surface area contributed by atoms with Crippen molar-refractivity contribution in [3.05, 3.63) is 35.4 Å². The van der Waals surface area contributed by atoms with Crippen molar-refractivity contribution in [3.63, 3.8) is 0 Å². The molecule has 0 amide bonds. The molecule has 1 aromatic carbocycles. The van der Waals surface area contributed by atoms with E-state index in [0.717, 1.165) is 24.9 Å². The normalized spacial score (nSPS) is 19.4. The monoisotopic (exact) mass is 261 g/mol. The minimum Gasteiger partial charge on any atom is -0.460 e. The molecule has 1 N–H and O–H groups in total. The topological polar surface area (TPSA) is 38.3 Å². The second kappa shape index (κ2) is 5.74. The van der Waals surface area contributed by atoms with E-state index < -0.39 is 0 Å². The lowest BCUT2D eigenvalue weighted by atomic mass is 9.87. The van der Waals surface area contributed by atoms with Crippen LogP contribution in [-0.4, -0.2) is 18.6 Å². The summed E-state index contributed by atoms with van der Waals surface area (Å²) in [4.78, 5) is 11.8. The van der Waals surface area contributed by atoms with Crippen LogP contribution >= 0.6 is 0 Å². The molecule has 19 heavy (non-hydrogen) atoms. The Balaban J connectivity index is 1.87. The maximum absolute atomic E-state index is 11.8. The van der Waals surface area contributed by atoms with Gasteiger partial charge in [-0.05, 0) is 35.9 Å². The van der Waals surface area contributed by atoms with E-state index in [4.69, 9.17) is 4.74 Å². The minimum atomic E-state index is -0.127. The fourth-order valence-corrected chi connectivity index (χ4v) is 2.24. The third kappa shape index (κ3) is 3.80. The van der Waals surface area contributed by atoms with E-state index in [1.807, 2.05) is 12.1 Å². The molecule has 1 fully saturated rings. The first-order valence-electron chi connectivity index (χ1n) is 6.96. The highest BCUT2D eigenvalue weighted by atomic mass is 16.5. The molecular weight excluding hydrogens is 238 g/mol. The molecule has 1 atom stereocenters. The number of hydrogen-bond acceptors (Lipinski definition) is 3. The minimum absolute atomic E-state index is 0.103. The number of ether oxygens (including phenoxy) is 1. The van der Waals surface area contributed by atoms with Crippen LogP contribution in [0.1, 0.15) is 44.7 Å². The fraction of sp³-hybridized carbons (Fsp3) is 0.562. The number of hydrogen-bond donors (Lipinski definition) is 1. The molecule has 0 aliphatic carbocycles. The maximum Gasteiger partial charge on any atom is 0.323 e. The van der Waals surface area contributed by atoms with Crippen LogP contribution in [0.25, 0.3) is 0 Å². The fourth-order valence-electron chi connectivity index (χ4n) is 2.24. The Kier molecular flexibility index (Phi) is 4.25. The van der Waals surface area contributed by atoms with Crippen LogP contribution in [0.4, 0.5) is 0 Å². The molecule has 3 heteroatoms. The van der Waals surface area contributed by atoms with Crippen molar-refractivity contribution in [2.45, 2.75) is 51.7 Å². The molecule has 1 aliphatic rings.